The number of amides is 1. The number of thiazole rings is 1. The van der Waals surface area contributed by atoms with Gasteiger partial charge in [-0.25, -0.2) is 4.98 Å². The summed E-state index contributed by atoms with van der Waals surface area (Å²) in [4.78, 5) is 17.3. The number of hydrogen-bond acceptors (Lipinski definition) is 4. The summed E-state index contributed by atoms with van der Waals surface area (Å²) in [5, 5.41) is 3.37. The highest BCUT2D eigenvalue weighted by atomic mass is 32.1. The van der Waals surface area contributed by atoms with E-state index in [9.17, 15) is 4.79 Å². The van der Waals surface area contributed by atoms with Gasteiger partial charge in [0.2, 0.25) is 0 Å². The van der Waals surface area contributed by atoms with Gasteiger partial charge in [0.25, 0.3) is 5.91 Å². The highest BCUT2D eigenvalue weighted by Gasteiger charge is 2.08. The zero-order chi connectivity index (χ0) is 17.8. The van der Waals surface area contributed by atoms with Crippen LogP contribution in [0.2, 0.25) is 0 Å². The van der Waals surface area contributed by atoms with E-state index in [1.807, 2.05) is 38.1 Å². The number of hydrogen-bond donors (Lipinski definition) is 1. The smallest absolute Gasteiger partial charge is 0.264 e. The summed E-state index contributed by atoms with van der Waals surface area (Å²) in [7, 11) is 0. The second-order valence-corrected chi connectivity index (χ2v) is 7.09. The van der Waals surface area contributed by atoms with Gasteiger partial charge in [-0.05, 0) is 44.0 Å². The third kappa shape index (κ3) is 4.45. The van der Waals surface area contributed by atoms with Crippen molar-refractivity contribution < 1.29 is 9.53 Å². The van der Waals surface area contributed by atoms with Crippen LogP contribution < -0.4 is 10.1 Å². The number of carbonyl (C=O) groups is 1. The molecule has 2 aromatic carbocycles. The SMILES string of the molecule is Cc1ccc(-c2ccc(OCC(=O)Nc3nc(C)c(C)s3)cc2)cc1. The van der Waals surface area contributed by atoms with Crippen LogP contribution in [-0.4, -0.2) is 17.5 Å². The van der Waals surface area contributed by atoms with Crippen LogP contribution in [0, 0.1) is 20.8 Å². The Labute approximate surface area is 151 Å². The van der Waals surface area contributed by atoms with Crippen LogP contribution >= 0.6 is 11.3 Å². The zero-order valence-corrected chi connectivity index (χ0v) is 15.3. The molecule has 4 nitrogen and oxygen atoms in total. The van der Waals surface area contributed by atoms with Crippen molar-refractivity contribution in [1.82, 2.24) is 4.98 Å². The van der Waals surface area contributed by atoms with Crippen LogP contribution in [0.5, 0.6) is 5.75 Å². The molecule has 0 aliphatic heterocycles. The van der Waals surface area contributed by atoms with Crippen LogP contribution in [0.4, 0.5) is 5.13 Å². The lowest BCUT2D eigenvalue weighted by atomic mass is 10.0. The Morgan fingerprint density at radius 1 is 1.00 bits per heavy atom. The molecule has 0 aliphatic rings. The van der Waals surface area contributed by atoms with Gasteiger partial charge in [-0.2, -0.15) is 0 Å². The highest BCUT2D eigenvalue weighted by Crippen LogP contribution is 2.23. The molecule has 3 aromatic rings. The Bertz CT molecular complexity index is 848. The molecule has 5 heteroatoms. The van der Waals surface area contributed by atoms with Crippen LogP contribution in [-0.2, 0) is 4.79 Å². The number of carbonyl (C=O) groups excluding carboxylic acids is 1. The second kappa shape index (κ2) is 7.49. The third-order valence-electron chi connectivity index (χ3n) is 3.88. The largest absolute Gasteiger partial charge is 0.484 e. The summed E-state index contributed by atoms with van der Waals surface area (Å²) in [5.74, 6) is 0.453. The van der Waals surface area contributed by atoms with Crippen molar-refractivity contribution in [2.75, 3.05) is 11.9 Å². The third-order valence-corrected chi connectivity index (χ3v) is 4.87. The molecule has 0 atom stereocenters. The molecule has 0 saturated carbocycles. The van der Waals surface area contributed by atoms with Gasteiger partial charge in [0, 0.05) is 4.88 Å². The monoisotopic (exact) mass is 352 g/mol. The van der Waals surface area contributed by atoms with E-state index in [0.717, 1.165) is 21.7 Å². The first-order chi connectivity index (χ1) is 12.0. The minimum absolute atomic E-state index is 0.0401. The van der Waals surface area contributed by atoms with Crippen LogP contribution in [0.1, 0.15) is 16.1 Å². The van der Waals surface area contributed by atoms with Gasteiger partial charge < -0.3 is 4.74 Å². The minimum Gasteiger partial charge on any atom is -0.484 e. The van der Waals surface area contributed by atoms with Crippen LogP contribution in [0.25, 0.3) is 11.1 Å². The van der Waals surface area contributed by atoms with Crippen LogP contribution in [0.3, 0.4) is 0 Å². The first-order valence-electron chi connectivity index (χ1n) is 8.05. The topological polar surface area (TPSA) is 51.2 Å². The predicted octanol–water partition coefficient (Wildman–Crippen LogP) is 4.75. The number of nitrogens with zero attached hydrogens (tertiary/aromatic N) is 1. The Balaban J connectivity index is 1.56. The van der Waals surface area contributed by atoms with Crippen molar-refractivity contribution >= 4 is 22.4 Å². The maximum Gasteiger partial charge on any atom is 0.264 e. The van der Waals surface area contributed by atoms with Gasteiger partial charge in [0.15, 0.2) is 11.7 Å². The van der Waals surface area contributed by atoms with E-state index < -0.39 is 0 Å². The Kier molecular flexibility index (Phi) is 5.14. The summed E-state index contributed by atoms with van der Waals surface area (Å²) >= 11 is 1.47. The quantitative estimate of drug-likeness (QED) is 0.721. The standard InChI is InChI=1S/C20H20N2O2S/c1-13-4-6-16(7-5-13)17-8-10-18(11-9-17)24-12-19(23)22-20-21-14(2)15(3)25-20/h4-11H,12H2,1-3H3,(H,21,22,23). The van der Waals surface area contributed by atoms with Crippen molar-refractivity contribution in [3.8, 4) is 16.9 Å². The molecule has 1 amide bonds. The fourth-order valence-electron chi connectivity index (χ4n) is 2.32. The van der Waals surface area contributed by atoms with E-state index in [4.69, 9.17) is 4.74 Å². The summed E-state index contributed by atoms with van der Waals surface area (Å²) in [6, 6.07) is 16.1. The molecule has 0 saturated heterocycles. The lowest BCUT2D eigenvalue weighted by Crippen LogP contribution is -2.20. The maximum absolute atomic E-state index is 12.0. The number of rotatable bonds is 5. The van der Waals surface area contributed by atoms with Gasteiger partial charge in [0.05, 0.1) is 5.69 Å². The molecule has 1 heterocycles. The summed E-state index contributed by atoms with van der Waals surface area (Å²) in [6.07, 6.45) is 0. The van der Waals surface area contributed by atoms with Gasteiger partial charge in [-0.1, -0.05) is 42.0 Å². The van der Waals surface area contributed by atoms with Gasteiger partial charge in [-0.3, -0.25) is 10.1 Å². The molecular formula is C20H20N2O2S. The molecule has 0 aliphatic carbocycles. The van der Waals surface area contributed by atoms with Crippen molar-refractivity contribution in [3.05, 3.63) is 64.7 Å². The van der Waals surface area contributed by atoms with E-state index in [2.05, 4.69) is 41.5 Å². The summed E-state index contributed by atoms with van der Waals surface area (Å²) in [5.41, 5.74) is 4.45. The predicted molar refractivity (Wildman–Crippen MR) is 102 cm³/mol. The van der Waals surface area contributed by atoms with E-state index in [1.54, 1.807) is 0 Å². The minimum atomic E-state index is -0.212. The number of aromatic nitrogens is 1. The average Bonchev–Trinajstić information content (AvgIpc) is 2.91. The summed E-state index contributed by atoms with van der Waals surface area (Å²) < 4.78 is 5.55. The maximum atomic E-state index is 12.0. The molecule has 0 fully saturated rings. The molecule has 0 radical (unpaired) electrons. The van der Waals surface area contributed by atoms with E-state index in [0.29, 0.717) is 10.9 Å². The lowest BCUT2D eigenvalue weighted by molar-refractivity contribution is -0.118. The lowest BCUT2D eigenvalue weighted by Gasteiger charge is -2.07. The van der Waals surface area contributed by atoms with Gasteiger partial charge in [0.1, 0.15) is 5.75 Å². The molecule has 0 bridgehead atoms. The molecule has 1 N–H and O–H groups in total. The normalized spacial score (nSPS) is 10.5. The number of aryl methyl sites for hydroxylation is 3. The molecule has 128 valence electrons. The Hall–Kier alpha value is -2.66. The van der Waals surface area contributed by atoms with Crippen molar-refractivity contribution in [3.63, 3.8) is 0 Å². The number of anilines is 1. The number of ether oxygens (including phenoxy) is 1. The fraction of sp³-hybridized carbons (Fsp3) is 0.200. The first kappa shape index (κ1) is 17.2. The molecule has 0 unspecified atom stereocenters. The Morgan fingerprint density at radius 3 is 2.16 bits per heavy atom. The number of nitrogens with one attached hydrogen (secondary N) is 1. The van der Waals surface area contributed by atoms with Crippen molar-refractivity contribution in [1.29, 1.82) is 0 Å². The number of benzene rings is 2. The highest BCUT2D eigenvalue weighted by molar-refractivity contribution is 7.15. The fourth-order valence-corrected chi connectivity index (χ4v) is 3.15. The first-order valence-corrected chi connectivity index (χ1v) is 8.87. The second-order valence-electron chi connectivity index (χ2n) is 5.89. The van der Waals surface area contributed by atoms with E-state index >= 15 is 0 Å². The van der Waals surface area contributed by atoms with Gasteiger partial charge in [-0.15, -0.1) is 11.3 Å². The van der Waals surface area contributed by atoms with E-state index in [-0.39, 0.29) is 12.5 Å². The van der Waals surface area contributed by atoms with Crippen LogP contribution in [0.15, 0.2) is 48.5 Å². The molecule has 3 rings (SSSR count). The Morgan fingerprint density at radius 2 is 1.60 bits per heavy atom. The van der Waals surface area contributed by atoms with Crippen molar-refractivity contribution in [2.24, 2.45) is 0 Å². The molecule has 25 heavy (non-hydrogen) atoms. The summed E-state index contributed by atoms with van der Waals surface area (Å²) in [6.45, 7) is 5.93. The molecule has 1 aromatic heterocycles. The van der Waals surface area contributed by atoms with Gasteiger partial charge >= 0.3 is 0 Å². The molecule has 0 spiro atoms. The average molecular weight is 352 g/mol. The molecular weight excluding hydrogens is 332 g/mol. The van der Waals surface area contributed by atoms with E-state index in [1.165, 1.54) is 16.9 Å². The van der Waals surface area contributed by atoms with Crippen molar-refractivity contribution in [2.45, 2.75) is 20.8 Å². The zero-order valence-electron chi connectivity index (χ0n) is 14.5.